The number of hydrogen-bond donors (Lipinski definition) is 1. The Hall–Kier alpha value is -1.47. The number of carbonyl (C=O) groups excluding carboxylic acids is 2. The number of nitrogens with zero attached hydrogens (tertiary/aromatic N) is 2. The average Bonchev–Trinajstić information content (AvgIpc) is 3.34. The van der Waals surface area contributed by atoms with Crippen molar-refractivity contribution in [3.05, 3.63) is 23.2 Å². The molecule has 2 aromatic rings. The summed E-state index contributed by atoms with van der Waals surface area (Å²) in [5, 5.41) is 5.44. The van der Waals surface area contributed by atoms with Gasteiger partial charge in [-0.25, -0.2) is 0 Å². The molecule has 2 aromatic heterocycles. The molecule has 0 radical (unpaired) electrons. The third kappa shape index (κ3) is 4.89. The average molecular weight is 476 g/mol. The van der Waals surface area contributed by atoms with Crippen molar-refractivity contribution in [3.63, 3.8) is 0 Å². The summed E-state index contributed by atoms with van der Waals surface area (Å²) in [5.74, 6) is 2.18. The first kappa shape index (κ1) is 23.7. The Morgan fingerprint density at radius 3 is 2.72 bits per heavy atom. The maximum Gasteiger partial charge on any atom is 0.271 e. The molecule has 1 aliphatic carbocycles. The van der Waals surface area contributed by atoms with Gasteiger partial charge < -0.3 is 14.8 Å². The van der Waals surface area contributed by atoms with Gasteiger partial charge in [0.15, 0.2) is 0 Å². The van der Waals surface area contributed by atoms with Gasteiger partial charge in [0.1, 0.15) is 11.2 Å². The van der Waals surface area contributed by atoms with Crippen molar-refractivity contribution in [2.75, 3.05) is 18.1 Å². The number of thioether (sulfide) groups is 1. The summed E-state index contributed by atoms with van der Waals surface area (Å²) in [7, 11) is 0. The number of thiophene rings is 1. The zero-order chi connectivity index (χ0) is 22.6. The lowest BCUT2D eigenvalue weighted by molar-refractivity contribution is -0.133. The minimum Gasteiger partial charge on any atom is -0.351 e. The largest absolute Gasteiger partial charge is 0.351 e. The number of carbonyl (C=O) groups is 2. The molecule has 2 aliphatic rings. The minimum atomic E-state index is -0.865. The standard InChI is InChI=1S/C25H37N3O2S2/c1-3-14-31-15-9-13-28-23(29)21-17-22-20(12-16-32-22)27(21)18-25(28,2)24(30)26-19-10-7-5-4-6-8-11-19/h12,16-17,19H,3-11,13-15,18H2,1-2H3,(H,26,30)/t25-/m0/s1. The predicted octanol–water partition coefficient (Wildman–Crippen LogP) is 5.68. The van der Waals surface area contributed by atoms with E-state index in [1.807, 2.05) is 29.7 Å². The number of hydrogen-bond acceptors (Lipinski definition) is 4. The summed E-state index contributed by atoms with van der Waals surface area (Å²) in [6, 6.07) is 4.30. The molecule has 0 aromatic carbocycles. The highest BCUT2D eigenvalue weighted by molar-refractivity contribution is 7.99. The summed E-state index contributed by atoms with van der Waals surface area (Å²) in [6.07, 6.45) is 10.4. The normalized spacial score (nSPS) is 22.6. The van der Waals surface area contributed by atoms with Crippen LogP contribution in [0, 0.1) is 0 Å². The Bertz CT molecular complexity index is 929. The number of aromatic nitrogens is 1. The van der Waals surface area contributed by atoms with Crippen LogP contribution in [0.5, 0.6) is 0 Å². The van der Waals surface area contributed by atoms with Gasteiger partial charge in [-0.1, -0.05) is 39.0 Å². The zero-order valence-corrected chi connectivity index (χ0v) is 21.2. The molecule has 1 N–H and O–H groups in total. The first-order valence-corrected chi connectivity index (χ1v) is 14.4. The Morgan fingerprint density at radius 2 is 1.97 bits per heavy atom. The molecule has 0 bridgehead atoms. The Balaban J connectivity index is 1.56. The van der Waals surface area contributed by atoms with Crippen LogP contribution in [0.2, 0.25) is 0 Å². The molecular formula is C25H37N3O2S2. The van der Waals surface area contributed by atoms with Crippen molar-refractivity contribution >= 4 is 45.1 Å². The second-order valence-corrected chi connectivity index (χ2v) is 11.7. The number of amides is 2. The summed E-state index contributed by atoms with van der Waals surface area (Å²) in [5.41, 5.74) is 0.932. The molecule has 4 rings (SSSR count). The van der Waals surface area contributed by atoms with Crippen LogP contribution in [-0.2, 0) is 11.3 Å². The van der Waals surface area contributed by atoms with E-state index >= 15 is 0 Å². The van der Waals surface area contributed by atoms with Gasteiger partial charge in [-0.2, -0.15) is 11.8 Å². The fourth-order valence-corrected chi connectivity index (χ4v) is 6.78. The second-order valence-electron chi connectivity index (χ2n) is 9.50. The van der Waals surface area contributed by atoms with Gasteiger partial charge in [-0.15, -0.1) is 11.3 Å². The highest BCUT2D eigenvalue weighted by Gasteiger charge is 2.47. The van der Waals surface area contributed by atoms with E-state index in [2.05, 4.69) is 28.3 Å². The van der Waals surface area contributed by atoms with Crippen molar-refractivity contribution in [2.24, 2.45) is 0 Å². The van der Waals surface area contributed by atoms with Gasteiger partial charge >= 0.3 is 0 Å². The van der Waals surface area contributed by atoms with Crippen LogP contribution < -0.4 is 5.32 Å². The maximum absolute atomic E-state index is 13.8. The fourth-order valence-electron chi connectivity index (χ4n) is 5.14. The molecule has 1 atom stereocenters. The molecule has 7 heteroatoms. The van der Waals surface area contributed by atoms with Crippen molar-refractivity contribution in [1.29, 1.82) is 0 Å². The third-order valence-electron chi connectivity index (χ3n) is 7.00. The van der Waals surface area contributed by atoms with E-state index in [1.54, 1.807) is 11.3 Å². The summed E-state index contributed by atoms with van der Waals surface area (Å²) in [6.45, 7) is 5.32. The minimum absolute atomic E-state index is 0.00421. The molecule has 176 valence electrons. The molecule has 0 unspecified atom stereocenters. The topological polar surface area (TPSA) is 54.3 Å². The highest BCUT2D eigenvalue weighted by Crippen LogP contribution is 2.35. The van der Waals surface area contributed by atoms with Crippen LogP contribution in [-0.4, -0.2) is 50.9 Å². The third-order valence-corrected chi connectivity index (χ3v) is 9.12. The number of fused-ring (bicyclic) bond motifs is 3. The summed E-state index contributed by atoms with van der Waals surface area (Å²) in [4.78, 5) is 29.3. The summed E-state index contributed by atoms with van der Waals surface area (Å²) >= 11 is 3.59. The van der Waals surface area contributed by atoms with Crippen LogP contribution in [0.15, 0.2) is 17.5 Å². The lowest BCUT2D eigenvalue weighted by Crippen LogP contribution is -2.65. The molecule has 1 aliphatic heterocycles. The molecule has 5 nitrogen and oxygen atoms in total. The lowest BCUT2D eigenvalue weighted by atomic mass is 9.92. The quantitative estimate of drug-likeness (QED) is 0.500. The Morgan fingerprint density at radius 1 is 1.22 bits per heavy atom. The van der Waals surface area contributed by atoms with Crippen molar-refractivity contribution in [1.82, 2.24) is 14.8 Å². The number of rotatable bonds is 8. The van der Waals surface area contributed by atoms with E-state index in [0.29, 0.717) is 13.1 Å². The van der Waals surface area contributed by atoms with E-state index in [4.69, 9.17) is 0 Å². The molecule has 1 saturated carbocycles. The first-order chi connectivity index (χ1) is 15.5. The zero-order valence-electron chi connectivity index (χ0n) is 19.5. The van der Waals surface area contributed by atoms with E-state index in [9.17, 15) is 9.59 Å². The van der Waals surface area contributed by atoms with E-state index in [-0.39, 0.29) is 17.9 Å². The Labute approximate surface area is 200 Å². The fraction of sp³-hybridized carbons (Fsp3) is 0.680. The monoisotopic (exact) mass is 475 g/mol. The van der Waals surface area contributed by atoms with Gasteiger partial charge in [0, 0.05) is 12.6 Å². The molecule has 32 heavy (non-hydrogen) atoms. The maximum atomic E-state index is 13.8. The summed E-state index contributed by atoms with van der Waals surface area (Å²) < 4.78 is 3.20. The highest BCUT2D eigenvalue weighted by atomic mass is 32.2. The van der Waals surface area contributed by atoms with Gasteiger partial charge in [-0.05, 0) is 61.6 Å². The van der Waals surface area contributed by atoms with Gasteiger partial charge in [-0.3, -0.25) is 9.59 Å². The van der Waals surface area contributed by atoms with Crippen LogP contribution in [0.25, 0.3) is 10.2 Å². The van der Waals surface area contributed by atoms with E-state index < -0.39 is 5.54 Å². The van der Waals surface area contributed by atoms with E-state index in [1.165, 1.54) is 38.5 Å². The lowest BCUT2D eigenvalue weighted by Gasteiger charge is -2.44. The smallest absolute Gasteiger partial charge is 0.271 e. The van der Waals surface area contributed by atoms with E-state index in [0.717, 1.165) is 46.7 Å². The molecular weight excluding hydrogens is 438 g/mol. The van der Waals surface area contributed by atoms with Crippen LogP contribution >= 0.6 is 23.1 Å². The molecule has 2 amide bonds. The Kier molecular flexibility index (Phi) is 7.87. The van der Waals surface area contributed by atoms with Gasteiger partial charge in [0.05, 0.1) is 16.8 Å². The predicted molar refractivity (Wildman–Crippen MR) is 136 cm³/mol. The number of nitrogens with one attached hydrogen (secondary N) is 1. The van der Waals surface area contributed by atoms with Gasteiger partial charge in [0.2, 0.25) is 5.91 Å². The van der Waals surface area contributed by atoms with Crippen LogP contribution in [0.3, 0.4) is 0 Å². The van der Waals surface area contributed by atoms with Crippen molar-refractivity contribution in [2.45, 2.75) is 89.8 Å². The molecule has 0 saturated heterocycles. The molecule has 0 spiro atoms. The van der Waals surface area contributed by atoms with Crippen molar-refractivity contribution < 1.29 is 9.59 Å². The SMILES string of the molecule is CCCSCCCN1C(=O)c2cc3sccc3n2C[C@@]1(C)C(=O)NC1CCCCCCC1. The first-order valence-electron chi connectivity index (χ1n) is 12.3. The van der Waals surface area contributed by atoms with Crippen molar-refractivity contribution in [3.8, 4) is 0 Å². The van der Waals surface area contributed by atoms with Gasteiger partial charge in [0.25, 0.3) is 5.91 Å². The van der Waals surface area contributed by atoms with Crippen LogP contribution in [0.4, 0.5) is 0 Å². The van der Waals surface area contributed by atoms with Crippen LogP contribution in [0.1, 0.15) is 82.1 Å². The molecule has 1 fully saturated rings. The molecule has 3 heterocycles. The second kappa shape index (κ2) is 10.6.